The zero-order chi connectivity index (χ0) is 19.8. The molecule has 1 N–H and O–H groups in total. The maximum absolute atomic E-state index is 13.2. The predicted molar refractivity (Wildman–Crippen MR) is 112 cm³/mol. The molecule has 142 valence electrons. The molecule has 1 saturated heterocycles. The molecule has 0 radical (unpaired) electrons. The second kappa shape index (κ2) is 7.09. The number of rotatable bonds is 4. The van der Waals surface area contributed by atoms with Crippen molar-refractivity contribution in [3.05, 3.63) is 71.5 Å². The standard InChI is InChI=1S/C21H20N4O2S/c1-13-18(14(2)25(23-13)16-7-5-4-6-8-16)19-20(26)24(21(28)22-19)15-9-11-17(27-3)12-10-15/h4-12,19H,1-3H3,(H,22,28)/t19-/m1/s1. The number of anilines is 1. The van der Waals surface area contributed by atoms with E-state index in [9.17, 15) is 4.79 Å². The first-order valence-electron chi connectivity index (χ1n) is 8.91. The molecular weight excluding hydrogens is 372 g/mol. The number of benzene rings is 2. The van der Waals surface area contributed by atoms with Crippen molar-refractivity contribution >= 4 is 28.9 Å². The molecule has 3 aromatic rings. The Morgan fingerprint density at radius 2 is 1.71 bits per heavy atom. The predicted octanol–water partition coefficient (Wildman–Crippen LogP) is 3.46. The summed E-state index contributed by atoms with van der Waals surface area (Å²) in [5.41, 5.74) is 4.22. The summed E-state index contributed by atoms with van der Waals surface area (Å²) in [5, 5.41) is 8.20. The van der Waals surface area contributed by atoms with Gasteiger partial charge in [0.05, 0.1) is 24.2 Å². The first-order chi connectivity index (χ1) is 13.5. The van der Waals surface area contributed by atoms with Crippen LogP contribution in [0.4, 0.5) is 5.69 Å². The second-order valence-corrected chi connectivity index (χ2v) is 6.97. The number of carbonyl (C=O) groups is 1. The molecule has 7 heteroatoms. The number of carbonyl (C=O) groups excluding carboxylic acids is 1. The van der Waals surface area contributed by atoms with Crippen LogP contribution in [0.1, 0.15) is 23.0 Å². The monoisotopic (exact) mass is 392 g/mol. The zero-order valence-electron chi connectivity index (χ0n) is 15.8. The van der Waals surface area contributed by atoms with E-state index < -0.39 is 6.04 Å². The van der Waals surface area contributed by atoms with Crippen molar-refractivity contribution in [2.24, 2.45) is 0 Å². The van der Waals surface area contributed by atoms with Crippen molar-refractivity contribution in [2.75, 3.05) is 12.0 Å². The Kier molecular flexibility index (Phi) is 4.60. The molecule has 0 bridgehead atoms. The fourth-order valence-corrected chi connectivity index (χ4v) is 3.86. The van der Waals surface area contributed by atoms with E-state index in [2.05, 4.69) is 10.4 Å². The number of amides is 1. The molecule has 2 heterocycles. The van der Waals surface area contributed by atoms with Crippen molar-refractivity contribution < 1.29 is 9.53 Å². The molecule has 1 amide bonds. The van der Waals surface area contributed by atoms with E-state index in [0.29, 0.717) is 10.8 Å². The van der Waals surface area contributed by atoms with Gasteiger partial charge < -0.3 is 10.1 Å². The normalized spacial score (nSPS) is 16.4. The summed E-state index contributed by atoms with van der Waals surface area (Å²) in [7, 11) is 1.61. The zero-order valence-corrected chi connectivity index (χ0v) is 16.7. The molecule has 1 aliphatic heterocycles. The van der Waals surface area contributed by atoms with Crippen LogP contribution in [0, 0.1) is 13.8 Å². The van der Waals surface area contributed by atoms with Crippen molar-refractivity contribution in [1.29, 1.82) is 0 Å². The Morgan fingerprint density at radius 3 is 2.36 bits per heavy atom. The van der Waals surface area contributed by atoms with Gasteiger partial charge >= 0.3 is 0 Å². The average Bonchev–Trinajstić information content (AvgIpc) is 3.17. The Labute approximate surface area is 168 Å². The van der Waals surface area contributed by atoms with Gasteiger partial charge in [0.15, 0.2) is 5.11 Å². The molecule has 6 nitrogen and oxygen atoms in total. The van der Waals surface area contributed by atoms with Crippen LogP contribution < -0.4 is 15.0 Å². The van der Waals surface area contributed by atoms with Gasteiger partial charge in [-0.3, -0.25) is 9.69 Å². The fraction of sp³-hybridized carbons (Fsp3) is 0.190. The lowest BCUT2D eigenvalue weighted by Crippen LogP contribution is -2.30. The van der Waals surface area contributed by atoms with Crippen LogP contribution in [0.25, 0.3) is 5.69 Å². The lowest BCUT2D eigenvalue weighted by atomic mass is 10.0. The smallest absolute Gasteiger partial charge is 0.260 e. The van der Waals surface area contributed by atoms with Crippen LogP contribution >= 0.6 is 12.2 Å². The topological polar surface area (TPSA) is 59.4 Å². The maximum Gasteiger partial charge on any atom is 0.260 e. The molecule has 2 aromatic carbocycles. The summed E-state index contributed by atoms with van der Waals surface area (Å²) in [4.78, 5) is 14.8. The van der Waals surface area contributed by atoms with Gasteiger partial charge in [0.2, 0.25) is 0 Å². The molecule has 28 heavy (non-hydrogen) atoms. The van der Waals surface area contributed by atoms with Gasteiger partial charge in [-0.25, -0.2) is 4.68 Å². The van der Waals surface area contributed by atoms with Gasteiger partial charge in [-0.2, -0.15) is 5.10 Å². The Bertz CT molecular complexity index is 1040. The molecule has 0 saturated carbocycles. The summed E-state index contributed by atoms with van der Waals surface area (Å²) in [6.07, 6.45) is 0. The van der Waals surface area contributed by atoms with Crippen LogP contribution in [-0.2, 0) is 4.79 Å². The first kappa shape index (κ1) is 18.2. The van der Waals surface area contributed by atoms with Crippen LogP contribution in [0.3, 0.4) is 0 Å². The van der Waals surface area contributed by atoms with Gasteiger partial charge in [0.25, 0.3) is 5.91 Å². The van der Waals surface area contributed by atoms with E-state index in [1.165, 1.54) is 4.90 Å². The molecule has 0 aliphatic carbocycles. The second-order valence-electron chi connectivity index (χ2n) is 6.59. The van der Waals surface area contributed by atoms with E-state index >= 15 is 0 Å². The van der Waals surface area contributed by atoms with Crippen molar-refractivity contribution in [2.45, 2.75) is 19.9 Å². The summed E-state index contributed by atoms with van der Waals surface area (Å²) < 4.78 is 7.05. The lowest BCUT2D eigenvalue weighted by Gasteiger charge is -2.15. The van der Waals surface area contributed by atoms with Crippen LogP contribution in [0.2, 0.25) is 0 Å². The Balaban J connectivity index is 1.70. The van der Waals surface area contributed by atoms with Crippen molar-refractivity contribution in [1.82, 2.24) is 15.1 Å². The SMILES string of the molecule is COc1ccc(N2C(=O)[C@@H](c3c(C)nn(-c4ccccc4)c3C)NC2=S)cc1. The average molecular weight is 392 g/mol. The third-order valence-electron chi connectivity index (χ3n) is 4.91. The van der Waals surface area contributed by atoms with Crippen molar-refractivity contribution in [3.8, 4) is 11.4 Å². The van der Waals surface area contributed by atoms with Gasteiger partial charge in [0, 0.05) is 11.3 Å². The molecule has 1 aliphatic rings. The summed E-state index contributed by atoms with van der Waals surface area (Å²) in [6.45, 7) is 3.88. The molecule has 4 rings (SSSR count). The summed E-state index contributed by atoms with van der Waals surface area (Å²) >= 11 is 5.46. The lowest BCUT2D eigenvalue weighted by molar-refractivity contribution is -0.118. The third kappa shape index (κ3) is 2.93. The largest absolute Gasteiger partial charge is 0.497 e. The minimum Gasteiger partial charge on any atom is -0.497 e. The molecule has 1 atom stereocenters. The van der Waals surface area contributed by atoms with Crippen LogP contribution in [-0.4, -0.2) is 27.9 Å². The van der Waals surface area contributed by atoms with E-state index in [4.69, 9.17) is 17.0 Å². The number of methoxy groups -OCH3 is 1. The number of thiocarbonyl (C=S) groups is 1. The summed E-state index contributed by atoms with van der Waals surface area (Å²) in [5.74, 6) is 0.607. The highest BCUT2D eigenvalue weighted by atomic mass is 32.1. The quantitative estimate of drug-likeness (QED) is 0.689. The Hall–Kier alpha value is -3.19. The van der Waals surface area contributed by atoms with E-state index in [-0.39, 0.29) is 5.91 Å². The summed E-state index contributed by atoms with van der Waals surface area (Å²) in [6, 6.07) is 16.6. The van der Waals surface area contributed by atoms with Crippen LogP contribution in [0.15, 0.2) is 54.6 Å². The molecule has 1 fully saturated rings. The third-order valence-corrected chi connectivity index (χ3v) is 5.21. The number of aryl methyl sites for hydroxylation is 1. The first-order valence-corrected chi connectivity index (χ1v) is 9.32. The molecule has 1 aromatic heterocycles. The number of nitrogens with zero attached hydrogens (tertiary/aromatic N) is 3. The number of hydrogen-bond donors (Lipinski definition) is 1. The number of para-hydroxylation sites is 1. The number of aromatic nitrogens is 2. The highest BCUT2D eigenvalue weighted by Crippen LogP contribution is 2.32. The molecule has 0 unspecified atom stereocenters. The van der Waals surface area contributed by atoms with E-state index in [0.717, 1.165) is 28.4 Å². The van der Waals surface area contributed by atoms with Gasteiger partial charge in [-0.05, 0) is 62.5 Å². The van der Waals surface area contributed by atoms with E-state index in [1.54, 1.807) is 7.11 Å². The number of hydrogen-bond acceptors (Lipinski definition) is 4. The molecular formula is C21H20N4O2S. The molecule has 0 spiro atoms. The van der Waals surface area contributed by atoms with Gasteiger partial charge in [-0.1, -0.05) is 18.2 Å². The minimum absolute atomic E-state index is 0.117. The highest BCUT2D eigenvalue weighted by Gasteiger charge is 2.40. The maximum atomic E-state index is 13.2. The van der Waals surface area contributed by atoms with Gasteiger partial charge in [-0.15, -0.1) is 0 Å². The van der Waals surface area contributed by atoms with E-state index in [1.807, 2.05) is 73.1 Å². The minimum atomic E-state index is -0.563. The Morgan fingerprint density at radius 1 is 1.04 bits per heavy atom. The fourth-order valence-electron chi connectivity index (χ4n) is 3.54. The number of ether oxygens (including phenoxy) is 1. The highest BCUT2D eigenvalue weighted by molar-refractivity contribution is 7.80. The van der Waals surface area contributed by atoms with Gasteiger partial charge in [0.1, 0.15) is 11.8 Å². The number of nitrogens with one attached hydrogen (secondary N) is 1. The van der Waals surface area contributed by atoms with Crippen molar-refractivity contribution in [3.63, 3.8) is 0 Å². The van der Waals surface area contributed by atoms with Crippen LogP contribution in [0.5, 0.6) is 5.75 Å².